The molecule has 0 atom stereocenters. The Hall–Kier alpha value is -6.58. The molecule has 0 bridgehead atoms. The lowest BCUT2D eigenvalue weighted by atomic mass is 9.46. The Balaban J connectivity index is 1.39. The van der Waals surface area contributed by atoms with Crippen molar-refractivity contribution in [2.75, 3.05) is 4.81 Å². The van der Waals surface area contributed by atoms with Crippen LogP contribution < -0.4 is 20.5 Å². The Morgan fingerprint density at radius 3 is 1.15 bits per heavy atom. The Labute approximate surface area is 318 Å². The molecule has 256 valence electrons. The first-order chi connectivity index (χ1) is 26.6. The van der Waals surface area contributed by atoms with Gasteiger partial charge in [-0.3, -0.25) is 0 Å². The van der Waals surface area contributed by atoms with E-state index in [1.54, 1.807) is 0 Å². The molecule has 0 unspecified atom stereocenters. The van der Waals surface area contributed by atoms with Crippen molar-refractivity contribution in [3.05, 3.63) is 205 Å². The monoisotopic (exact) mass is 691 g/mol. The van der Waals surface area contributed by atoms with E-state index >= 15 is 0 Å². The number of para-hydroxylation sites is 2. The molecule has 0 spiro atoms. The number of fused-ring (bicyclic) bond motifs is 4. The molecule has 2 heterocycles. The smallest absolute Gasteiger partial charge is 0.335 e. The number of nitrogens with zero attached hydrogens (tertiary/aromatic N) is 1. The molecule has 2 nitrogen and oxygen atoms in total. The molecule has 2 aliphatic heterocycles. The summed E-state index contributed by atoms with van der Waals surface area (Å²) in [5.74, 6) is 1.77. The minimum atomic E-state index is -0.381. The van der Waals surface area contributed by atoms with Crippen molar-refractivity contribution in [1.29, 1.82) is 0 Å². The molecule has 10 rings (SSSR count). The first kappa shape index (κ1) is 32.1. The third kappa shape index (κ3) is 5.19. The van der Waals surface area contributed by atoms with Crippen LogP contribution in [0.15, 0.2) is 194 Å². The maximum atomic E-state index is 6.67. The number of benzene rings is 8. The normalized spacial score (nSPS) is 13.6. The molecule has 0 aromatic heterocycles. The standard InChI is InChI=1S/C51H38BNO/c1-51(2)43-33-39(35-19-7-3-8-20-35)31-41(37-23-11-5-12-24-37)49(43)53(52-45-27-15-17-29-47(45)54-48-30-18-16-28-46(48)52)50-42(38-25-13-6-14-26-38)32-40(34-44(50)51)36-21-9-4-10-22-36/h3-34H,1-2H3. The van der Waals surface area contributed by atoms with Gasteiger partial charge in [0.15, 0.2) is 0 Å². The lowest BCUT2D eigenvalue weighted by Gasteiger charge is -2.48. The van der Waals surface area contributed by atoms with Gasteiger partial charge >= 0.3 is 6.85 Å². The minimum absolute atomic E-state index is 0.171. The molecular weight excluding hydrogens is 653 g/mol. The van der Waals surface area contributed by atoms with Crippen molar-refractivity contribution in [2.45, 2.75) is 19.3 Å². The predicted octanol–water partition coefficient (Wildman–Crippen LogP) is 12.0. The summed E-state index contributed by atoms with van der Waals surface area (Å²) in [7, 11) is 0. The molecule has 0 saturated carbocycles. The van der Waals surface area contributed by atoms with E-state index < -0.39 is 0 Å². The summed E-state index contributed by atoms with van der Waals surface area (Å²) in [6.45, 7) is 4.66. The lowest BCUT2D eigenvalue weighted by molar-refractivity contribution is 0.487. The SMILES string of the molecule is CC1(C)c2cc(-c3ccccc3)cc(-c3ccccc3)c2N(B2c3ccccc3Oc3ccccc32)c2c(-c3ccccc3)cc(-c3ccccc3)cc21. The molecule has 8 aromatic carbocycles. The van der Waals surface area contributed by atoms with E-state index in [9.17, 15) is 0 Å². The summed E-state index contributed by atoms with van der Waals surface area (Å²) >= 11 is 0. The highest BCUT2D eigenvalue weighted by Gasteiger charge is 2.47. The number of rotatable bonds is 5. The molecule has 8 aromatic rings. The highest BCUT2D eigenvalue weighted by Crippen LogP contribution is 2.57. The fourth-order valence-electron chi connectivity index (χ4n) is 8.69. The molecular formula is C51H38BNO. The lowest BCUT2D eigenvalue weighted by Crippen LogP contribution is -2.59. The highest BCUT2D eigenvalue weighted by molar-refractivity contribution is 6.91. The average molecular weight is 692 g/mol. The summed E-state index contributed by atoms with van der Waals surface area (Å²) in [5, 5.41) is 0. The van der Waals surface area contributed by atoms with Crippen LogP contribution in [0, 0.1) is 0 Å². The van der Waals surface area contributed by atoms with Gasteiger partial charge in [0.2, 0.25) is 0 Å². The zero-order valence-electron chi connectivity index (χ0n) is 30.4. The molecule has 3 heteroatoms. The van der Waals surface area contributed by atoms with Crippen LogP contribution in [0.1, 0.15) is 25.0 Å². The first-order valence-electron chi connectivity index (χ1n) is 18.8. The van der Waals surface area contributed by atoms with E-state index in [0.717, 1.165) is 22.4 Å². The van der Waals surface area contributed by atoms with E-state index in [2.05, 4.69) is 213 Å². The summed E-state index contributed by atoms with van der Waals surface area (Å²) in [6, 6.07) is 70.4. The minimum Gasteiger partial charge on any atom is -0.458 e. The summed E-state index contributed by atoms with van der Waals surface area (Å²) in [4.78, 5) is 2.67. The van der Waals surface area contributed by atoms with Gasteiger partial charge in [-0.1, -0.05) is 172 Å². The van der Waals surface area contributed by atoms with Crippen LogP contribution in [0.25, 0.3) is 44.5 Å². The highest BCUT2D eigenvalue weighted by atomic mass is 16.5. The van der Waals surface area contributed by atoms with Crippen molar-refractivity contribution in [3.8, 4) is 56.0 Å². The average Bonchev–Trinajstić information content (AvgIpc) is 3.24. The Kier molecular flexibility index (Phi) is 7.62. The van der Waals surface area contributed by atoms with E-state index in [1.165, 1.54) is 67.0 Å². The number of anilines is 2. The van der Waals surface area contributed by atoms with Gasteiger partial charge in [0.05, 0.1) is 0 Å². The molecule has 0 radical (unpaired) electrons. The van der Waals surface area contributed by atoms with Gasteiger partial charge < -0.3 is 9.55 Å². The second-order valence-corrected chi connectivity index (χ2v) is 14.9. The maximum Gasteiger partial charge on any atom is 0.335 e. The quantitative estimate of drug-likeness (QED) is 0.167. The molecule has 0 saturated heterocycles. The van der Waals surface area contributed by atoms with Crippen LogP contribution in [0.4, 0.5) is 11.4 Å². The first-order valence-corrected chi connectivity index (χ1v) is 18.8. The fourth-order valence-corrected chi connectivity index (χ4v) is 8.69. The molecule has 0 amide bonds. The second-order valence-electron chi connectivity index (χ2n) is 14.9. The fraction of sp³-hybridized carbons (Fsp3) is 0.0588. The Morgan fingerprint density at radius 1 is 0.389 bits per heavy atom. The predicted molar refractivity (Wildman–Crippen MR) is 227 cm³/mol. The molecule has 54 heavy (non-hydrogen) atoms. The van der Waals surface area contributed by atoms with E-state index in [-0.39, 0.29) is 12.3 Å². The van der Waals surface area contributed by atoms with Crippen molar-refractivity contribution in [3.63, 3.8) is 0 Å². The zero-order chi connectivity index (χ0) is 36.2. The number of hydrogen-bond acceptors (Lipinski definition) is 2. The van der Waals surface area contributed by atoms with Crippen molar-refractivity contribution in [1.82, 2.24) is 0 Å². The van der Waals surface area contributed by atoms with Gasteiger partial charge in [-0.2, -0.15) is 0 Å². The maximum absolute atomic E-state index is 6.67. The van der Waals surface area contributed by atoms with Gasteiger partial charge in [-0.05, 0) is 91.8 Å². The summed E-state index contributed by atoms with van der Waals surface area (Å²) in [6.07, 6.45) is 0. The van der Waals surface area contributed by atoms with Crippen LogP contribution in [0.3, 0.4) is 0 Å². The van der Waals surface area contributed by atoms with Crippen LogP contribution in [0.5, 0.6) is 11.5 Å². The summed E-state index contributed by atoms with van der Waals surface area (Å²) in [5.41, 5.74) is 16.5. The van der Waals surface area contributed by atoms with Crippen LogP contribution >= 0.6 is 0 Å². The van der Waals surface area contributed by atoms with E-state index in [4.69, 9.17) is 4.74 Å². The molecule has 0 fully saturated rings. The Bertz CT molecular complexity index is 2470. The Morgan fingerprint density at radius 2 is 0.741 bits per heavy atom. The largest absolute Gasteiger partial charge is 0.458 e. The summed E-state index contributed by atoms with van der Waals surface area (Å²) < 4.78 is 6.67. The molecule has 2 aliphatic rings. The van der Waals surface area contributed by atoms with Gasteiger partial charge in [0, 0.05) is 27.9 Å². The zero-order valence-corrected chi connectivity index (χ0v) is 30.4. The molecule has 0 N–H and O–H groups in total. The van der Waals surface area contributed by atoms with Crippen molar-refractivity contribution in [2.24, 2.45) is 0 Å². The third-order valence-electron chi connectivity index (χ3n) is 11.3. The number of ether oxygens (including phenoxy) is 1. The topological polar surface area (TPSA) is 12.5 Å². The van der Waals surface area contributed by atoms with Gasteiger partial charge in [-0.25, -0.2) is 0 Å². The van der Waals surface area contributed by atoms with Gasteiger partial charge in [0.25, 0.3) is 0 Å². The van der Waals surface area contributed by atoms with Crippen LogP contribution in [0.2, 0.25) is 0 Å². The van der Waals surface area contributed by atoms with E-state index in [0.29, 0.717) is 0 Å². The van der Waals surface area contributed by atoms with Gasteiger partial charge in [0.1, 0.15) is 11.5 Å². The van der Waals surface area contributed by atoms with Crippen molar-refractivity contribution < 1.29 is 4.74 Å². The molecule has 0 aliphatic carbocycles. The van der Waals surface area contributed by atoms with Crippen LogP contribution in [-0.4, -0.2) is 6.85 Å². The van der Waals surface area contributed by atoms with Crippen LogP contribution in [-0.2, 0) is 5.41 Å². The van der Waals surface area contributed by atoms with E-state index in [1.807, 2.05) is 0 Å². The second kappa shape index (κ2) is 12.8. The van der Waals surface area contributed by atoms with Crippen molar-refractivity contribution >= 4 is 29.1 Å². The number of hydrogen-bond donors (Lipinski definition) is 0. The third-order valence-corrected chi connectivity index (χ3v) is 11.3. The van der Waals surface area contributed by atoms with Gasteiger partial charge in [-0.15, -0.1) is 0 Å².